The van der Waals surface area contributed by atoms with Gasteiger partial charge in [0.15, 0.2) is 0 Å². The molecule has 0 heterocycles. The molecule has 0 bridgehead atoms. The van der Waals surface area contributed by atoms with Crippen LogP contribution >= 0.6 is 0 Å². The molecule has 8 nitrogen and oxygen atoms in total. The van der Waals surface area contributed by atoms with Gasteiger partial charge in [-0.15, -0.1) is 0 Å². The fourth-order valence-corrected chi connectivity index (χ4v) is 4.85. The second-order valence-electron chi connectivity index (χ2n) is 8.13. The maximum atomic E-state index is 13.6. The number of hydrogen-bond donors (Lipinski definition) is 2. The standard InChI is InChI=1S/C27H31N3O5S/c1-4-20(3)28-27(32)24-13-9-10-14-25(24)29-26(31)19-30(21-11-7-6-8-12-21)36(33,34)23-17-15-22(16-18-23)35-5-2/h6-18,20H,4-5,19H2,1-3H3,(H,28,32)(H,29,31)/t20-/m1/s1. The van der Waals surface area contributed by atoms with Gasteiger partial charge in [0.1, 0.15) is 12.3 Å². The molecular formula is C27H31N3O5S. The molecule has 36 heavy (non-hydrogen) atoms. The molecule has 0 aliphatic carbocycles. The predicted octanol–water partition coefficient (Wildman–Crippen LogP) is 4.45. The van der Waals surface area contributed by atoms with Gasteiger partial charge in [0.05, 0.1) is 28.4 Å². The van der Waals surface area contributed by atoms with E-state index in [-0.39, 0.29) is 16.8 Å². The highest BCUT2D eigenvalue weighted by atomic mass is 32.2. The average Bonchev–Trinajstić information content (AvgIpc) is 2.88. The van der Waals surface area contributed by atoms with Crippen LogP contribution in [0.4, 0.5) is 11.4 Å². The lowest BCUT2D eigenvalue weighted by Crippen LogP contribution is -2.38. The van der Waals surface area contributed by atoms with Crippen molar-refractivity contribution >= 4 is 33.2 Å². The molecule has 2 amide bonds. The summed E-state index contributed by atoms with van der Waals surface area (Å²) in [4.78, 5) is 25.8. The maximum absolute atomic E-state index is 13.6. The number of carbonyl (C=O) groups is 2. The number of anilines is 2. The summed E-state index contributed by atoms with van der Waals surface area (Å²) in [5, 5.41) is 5.59. The second-order valence-corrected chi connectivity index (χ2v) is 9.99. The fourth-order valence-electron chi connectivity index (χ4n) is 3.42. The smallest absolute Gasteiger partial charge is 0.264 e. The summed E-state index contributed by atoms with van der Waals surface area (Å²) in [7, 11) is -4.08. The van der Waals surface area contributed by atoms with Crippen LogP contribution in [0.15, 0.2) is 83.8 Å². The van der Waals surface area contributed by atoms with E-state index < -0.39 is 22.5 Å². The zero-order valence-corrected chi connectivity index (χ0v) is 21.4. The number of sulfonamides is 1. The molecule has 0 aromatic heterocycles. The van der Waals surface area contributed by atoms with Gasteiger partial charge >= 0.3 is 0 Å². The lowest BCUT2D eigenvalue weighted by Gasteiger charge is -2.24. The molecule has 190 valence electrons. The van der Waals surface area contributed by atoms with E-state index in [0.717, 1.165) is 10.7 Å². The van der Waals surface area contributed by atoms with Crippen LogP contribution < -0.4 is 19.7 Å². The van der Waals surface area contributed by atoms with Crippen LogP contribution in [0.2, 0.25) is 0 Å². The Morgan fingerprint density at radius 1 is 0.917 bits per heavy atom. The summed E-state index contributed by atoms with van der Waals surface area (Å²) in [6.07, 6.45) is 0.760. The summed E-state index contributed by atoms with van der Waals surface area (Å²) >= 11 is 0. The lowest BCUT2D eigenvalue weighted by molar-refractivity contribution is -0.114. The van der Waals surface area contributed by atoms with Crippen molar-refractivity contribution in [3.8, 4) is 5.75 Å². The Hall–Kier alpha value is -3.85. The number of nitrogens with one attached hydrogen (secondary N) is 2. The van der Waals surface area contributed by atoms with Crippen LogP contribution in [-0.4, -0.2) is 39.4 Å². The first-order chi connectivity index (χ1) is 17.3. The van der Waals surface area contributed by atoms with Crippen molar-refractivity contribution in [3.63, 3.8) is 0 Å². The molecule has 2 N–H and O–H groups in total. The highest BCUT2D eigenvalue weighted by molar-refractivity contribution is 7.92. The Kier molecular flexibility index (Phi) is 9.08. The Morgan fingerprint density at radius 2 is 1.56 bits per heavy atom. The van der Waals surface area contributed by atoms with Crippen molar-refractivity contribution in [1.29, 1.82) is 0 Å². The minimum absolute atomic E-state index is 0.0240. The third kappa shape index (κ3) is 6.63. The highest BCUT2D eigenvalue weighted by Crippen LogP contribution is 2.25. The zero-order valence-electron chi connectivity index (χ0n) is 20.6. The Balaban J connectivity index is 1.88. The number of ether oxygens (including phenoxy) is 1. The molecule has 0 spiro atoms. The number of rotatable bonds is 11. The number of carbonyl (C=O) groups excluding carboxylic acids is 2. The SMILES string of the molecule is CCOc1ccc(S(=O)(=O)N(CC(=O)Nc2ccccc2C(=O)N[C@H](C)CC)c2ccccc2)cc1. The quantitative estimate of drug-likeness (QED) is 0.397. The molecular weight excluding hydrogens is 478 g/mol. The van der Waals surface area contributed by atoms with E-state index in [9.17, 15) is 18.0 Å². The van der Waals surface area contributed by atoms with E-state index in [1.165, 1.54) is 12.1 Å². The minimum Gasteiger partial charge on any atom is -0.494 e. The Morgan fingerprint density at radius 3 is 2.19 bits per heavy atom. The van der Waals surface area contributed by atoms with Crippen LogP contribution in [0, 0.1) is 0 Å². The molecule has 1 atom stereocenters. The van der Waals surface area contributed by atoms with Crippen LogP contribution in [0.1, 0.15) is 37.6 Å². The molecule has 9 heteroatoms. The largest absolute Gasteiger partial charge is 0.494 e. The van der Waals surface area contributed by atoms with Crippen molar-refractivity contribution < 1.29 is 22.7 Å². The van der Waals surface area contributed by atoms with E-state index in [0.29, 0.717) is 29.3 Å². The van der Waals surface area contributed by atoms with Crippen LogP contribution in [-0.2, 0) is 14.8 Å². The molecule has 0 saturated heterocycles. The van der Waals surface area contributed by atoms with Crippen molar-refractivity contribution in [2.24, 2.45) is 0 Å². The van der Waals surface area contributed by atoms with Crippen molar-refractivity contribution in [2.45, 2.75) is 38.1 Å². The monoisotopic (exact) mass is 509 g/mol. The summed E-state index contributed by atoms with van der Waals surface area (Å²) in [5.74, 6) is -0.355. The molecule has 3 rings (SSSR count). The lowest BCUT2D eigenvalue weighted by atomic mass is 10.1. The van der Waals surface area contributed by atoms with E-state index >= 15 is 0 Å². The summed E-state index contributed by atoms with van der Waals surface area (Å²) in [5.41, 5.74) is 0.936. The Labute approximate surface area is 212 Å². The number of hydrogen-bond acceptors (Lipinski definition) is 5. The van der Waals surface area contributed by atoms with Crippen molar-refractivity contribution in [3.05, 3.63) is 84.4 Å². The van der Waals surface area contributed by atoms with E-state index in [4.69, 9.17) is 4.74 Å². The third-order valence-electron chi connectivity index (χ3n) is 5.49. The van der Waals surface area contributed by atoms with E-state index in [1.807, 2.05) is 20.8 Å². The molecule has 0 saturated carbocycles. The predicted molar refractivity (Wildman–Crippen MR) is 141 cm³/mol. The second kappa shape index (κ2) is 12.2. The van der Waals surface area contributed by atoms with Crippen molar-refractivity contribution in [1.82, 2.24) is 5.32 Å². The molecule has 0 fully saturated rings. The van der Waals surface area contributed by atoms with Crippen LogP contribution in [0.3, 0.4) is 0 Å². The first kappa shape index (κ1) is 26.7. The average molecular weight is 510 g/mol. The maximum Gasteiger partial charge on any atom is 0.264 e. The highest BCUT2D eigenvalue weighted by Gasteiger charge is 2.27. The number of amides is 2. The van der Waals surface area contributed by atoms with Crippen LogP contribution in [0.25, 0.3) is 0 Å². The van der Waals surface area contributed by atoms with Gasteiger partial charge in [-0.3, -0.25) is 13.9 Å². The van der Waals surface area contributed by atoms with Gasteiger partial charge in [0, 0.05) is 6.04 Å². The number of nitrogens with zero attached hydrogens (tertiary/aromatic N) is 1. The number of benzene rings is 3. The van der Waals surface area contributed by atoms with Gasteiger partial charge in [0.2, 0.25) is 5.91 Å². The van der Waals surface area contributed by atoms with Gasteiger partial charge in [-0.2, -0.15) is 0 Å². The third-order valence-corrected chi connectivity index (χ3v) is 7.28. The normalized spacial score (nSPS) is 11.9. The first-order valence-corrected chi connectivity index (χ1v) is 13.2. The van der Waals surface area contributed by atoms with E-state index in [1.54, 1.807) is 66.7 Å². The minimum atomic E-state index is -4.08. The molecule has 0 unspecified atom stereocenters. The summed E-state index contributed by atoms with van der Waals surface area (Å²) in [6, 6.07) is 21.0. The zero-order chi connectivity index (χ0) is 26.1. The number of para-hydroxylation sites is 2. The molecule has 0 aliphatic heterocycles. The van der Waals surface area contributed by atoms with E-state index in [2.05, 4.69) is 10.6 Å². The summed E-state index contributed by atoms with van der Waals surface area (Å²) in [6.45, 7) is 5.66. The topological polar surface area (TPSA) is 105 Å². The first-order valence-electron chi connectivity index (χ1n) is 11.8. The molecule has 0 radical (unpaired) electrons. The van der Waals surface area contributed by atoms with Gasteiger partial charge < -0.3 is 15.4 Å². The summed E-state index contributed by atoms with van der Waals surface area (Å²) < 4.78 is 33.6. The molecule has 0 aliphatic rings. The Bertz CT molecular complexity index is 1280. The molecule has 3 aromatic carbocycles. The van der Waals surface area contributed by atoms with Gasteiger partial charge in [-0.1, -0.05) is 37.3 Å². The van der Waals surface area contributed by atoms with Gasteiger partial charge in [-0.05, 0) is 68.8 Å². The van der Waals surface area contributed by atoms with Crippen LogP contribution in [0.5, 0.6) is 5.75 Å². The fraction of sp³-hybridized carbons (Fsp3) is 0.259. The van der Waals surface area contributed by atoms with Gasteiger partial charge in [0.25, 0.3) is 15.9 Å². The van der Waals surface area contributed by atoms with Crippen molar-refractivity contribution in [2.75, 3.05) is 22.8 Å². The van der Waals surface area contributed by atoms with Gasteiger partial charge in [-0.25, -0.2) is 8.42 Å². The molecule has 3 aromatic rings.